The van der Waals surface area contributed by atoms with E-state index < -0.39 is 0 Å². The Balaban J connectivity index is 1.30. The van der Waals surface area contributed by atoms with E-state index in [9.17, 15) is 0 Å². The molecule has 2 atom stereocenters. The molecular weight excluding hydrogens is 428 g/mol. The first-order valence-electron chi connectivity index (χ1n) is 11.8. The lowest BCUT2D eigenvalue weighted by atomic mass is 9.77. The fourth-order valence-electron chi connectivity index (χ4n) is 5.43. The molecule has 170 valence electrons. The quantitative estimate of drug-likeness (QED) is 0.492. The number of allylic oxidation sites excluding steroid dienone is 1. The van der Waals surface area contributed by atoms with Crippen molar-refractivity contribution >= 4 is 17.5 Å². The van der Waals surface area contributed by atoms with E-state index in [1.54, 1.807) is 0 Å². The summed E-state index contributed by atoms with van der Waals surface area (Å²) in [4.78, 5) is 0. The van der Waals surface area contributed by atoms with Crippen LogP contribution in [0.5, 0.6) is 23.0 Å². The van der Waals surface area contributed by atoms with Crippen LogP contribution in [0, 0.1) is 5.92 Å². The minimum Gasteiger partial charge on any atom is -0.454 e. The smallest absolute Gasteiger partial charge is 0.231 e. The Hall–Kier alpha value is -3.93. The van der Waals surface area contributed by atoms with Gasteiger partial charge in [-0.25, -0.2) is 0 Å². The highest BCUT2D eigenvalue weighted by Gasteiger charge is 2.42. The van der Waals surface area contributed by atoms with E-state index >= 15 is 0 Å². The highest BCUT2D eigenvalue weighted by atomic mass is 16.7. The Morgan fingerprint density at radius 1 is 0.794 bits per heavy atom. The maximum absolute atomic E-state index is 5.70. The minimum absolute atomic E-state index is 0.104. The van der Waals surface area contributed by atoms with Gasteiger partial charge in [-0.3, -0.25) is 5.01 Å². The van der Waals surface area contributed by atoms with Crippen molar-refractivity contribution in [3.8, 4) is 23.0 Å². The minimum atomic E-state index is 0.104. The van der Waals surface area contributed by atoms with Gasteiger partial charge in [0.25, 0.3) is 0 Å². The lowest BCUT2D eigenvalue weighted by Gasteiger charge is -2.30. The monoisotopic (exact) mass is 452 g/mol. The molecule has 3 heterocycles. The molecule has 0 unspecified atom stereocenters. The Morgan fingerprint density at radius 2 is 1.53 bits per heavy atom. The predicted octanol–water partition coefficient (Wildman–Crippen LogP) is 5.95. The predicted molar refractivity (Wildman–Crippen MR) is 130 cm³/mol. The molecule has 0 spiro atoms. The van der Waals surface area contributed by atoms with Crippen molar-refractivity contribution in [3.05, 3.63) is 83.4 Å². The third kappa shape index (κ3) is 3.21. The summed E-state index contributed by atoms with van der Waals surface area (Å²) in [7, 11) is 0. The first-order valence-corrected chi connectivity index (χ1v) is 11.8. The topological polar surface area (TPSA) is 52.5 Å². The molecule has 6 nitrogen and oxygen atoms in total. The molecule has 6 heteroatoms. The van der Waals surface area contributed by atoms with Gasteiger partial charge in [0.15, 0.2) is 23.0 Å². The molecule has 3 aromatic carbocycles. The summed E-state index contributed by atoms with van der Waals surface area (Å²) in [6.07, 6.45) is 5.50. The molecule has 1 fully saturated rings. The summed E-state index contributed by atoms with van der Waals surface area (Å²) >= 11 is 0. The highest BCUT2D eigenvalue weighted by molar-refractivity contribution is 6.08. The molecule has 0 bridgehead atoms. The molecular formula is C28H24N2O4. The van der Waals surface area contributed by atoms with Crippen LogP contribution in [0.2, 0.25) is 0 Å². The van der Waals surface area contributed by atoms with Crippen LogP contribution in [0.1, 0.15) is 36.4 Å². The van der Waals surface area contributed by atoms with Gasteiger partial charge in [0.05, 0.1) is 17.4 Å². The molecule has 4 aliphatic rings. The first-order chi connectivity index (χ1) is 16.8. The van der Waals surface area contributed by atoms with Gasteiger partial charge in [-0.05, 0) is 78.4 Å². The zero-order chi connectivity index (χ0) is 22.5. The summed E-state index contributed by atoms with van der Waals surface area (Å²) in [5.74, 6) is 3.53. The zero-order valence-corrected chi connectivity index (χ0v) is 18.6. The molecule has 0 radical (unpaired) electrons. The Kier molecular flexibility index (Phi) is 4.50. The number of hydrazone groups is 1. The number of fused-ring (bicyclic) bond motifs is 3. The van der Waals surface area contributed by atoms with Gasteiger partial charge >= 0.3 is 0 Å². The normalized spacial score (nSPS) is 23.2. The number of rotatable bonds is 3. The Bertz CT molecular complexity index is 1320. The summed E-state index contributed by atoms with van der Waals surface area (Å²) in [5, 5.41) is 7.43. The number of benzene rings is 3. The largest absolute Gasteiger partial charge is 0.454 e. The van der Waals surface area contributed by atoms with Crippen molar-refractivity contribution in [1.82, 2.24) is 0 Å². The second-order valence-electron chi connectivity index (χ2n) is 9.00. The number of nitrogens with zero attached hydrogens (tertiary/aromatic N) is 2. The van der Waals surface area contributed by atoms with Crippen LogP contribution in [0.25, 0.3) is 6.08 Å². The molecule has 0 aromatic heterocycles. The molecule has 34 heavy (non-hydrogen) atoms. The van der Waals surface area contributed by atoms with Crippen molar-refractivity contribution in [1.29, 1.82) is 0 Å². The molecule has 0 saturated heterocycles. The van der Waals surface area contributed by atoms with Gasteiger partial charge in [-0.15, -0.1) is 0 Å². The van der Waals surface area contributed by atoms with Crippen LogP contribution in [0.15, 0.2) is 77.4 Å². The number of hydrogen-bond acceptors (Lipinski definition) is 6. The molecule has 1 saturated carbocycles. The lowest BCUT2D eigenvalue weighted by molar-refractivity contribution is 0.173. The number of hydrogen-bond donors (Lipinski definition) is 0. The second-order valence-corrected chi connectivity index (χ2v) is 9.00. The van der Waals surface area contributed by atoms with Crippen LogP contribution in [0.4, 0.5) is 5.69 Å². The van der Waals surface area contributed by atoms with E-state index in [1.807, 2.05) is 18.2 Å². The van der Waals surface area contributed by atoms with Crippen LogP contribution in [0.3, 0.4) is 0 Å². The van der Waals surface area contributed by atoms with E-state index in [-0.39, 0.29) is 19.6 Å². The molecule has 0 N–H and O–H groups in total. The lowest BCUT2D eigenvalue weighted by Crippen LogP contribution is -2.28. The van der Waals surface area contributed by atoms with Crippen LogP contribution >= 0.6 is 0 Å². The van der Waals surface area contributed by atoms with E-state index in [4.69, 9.17) is 24.0 Å². The van der Waals surface area contributed by atoms with Gasteiger partial charge in [-0.2, -0.15) is 5.10 Å². The first kappa shape index (κ1) is 19.5. The van der Waals surface area contributed by atoms with Gasteiger partial charge < -0.3 is 18.9 Å². The molecule has 0 amide bonds. The maximum Gasteiger partial charge on any atom is 0.231 e. The molecule has 7 rings (SSSR count). The SMILES string of the molecule is C(=C1CCC[C@H]2C1=NN(c1ccccc1)[C@H]2c1ccc2c(c1)OCO2)c1ccc2c(c1)OCO2. The van der Waals surface area contributed by atoms with Crippen molar-refractivity contribution in [3.63, 3.8) is 0 Å². The third-order valence-electron chi connectivity index (χ3n) is 7.00. The average molecular weight is 453 g/mol. The Labute approximate surface area is 198 Å². The zero-order valence-electron chi connectivity index (χ0n) is 18.6. The van der Waals surface area contributed by atoms with Crippen molar-refractivity contribution in [2.24, 2.45) is 11.0 Å². The fraction of sp³-hybridized carbons (Fsp3) is 0.250. The van der Waals surface area contributed by atoms with Gasteiger partial charge in [0.1, 0.15) is 0 Å². The highest BCUT2D eigenvalue weighted by Crippen LogP contribution is 2.48. The van der Waals surface area contributed by atoms with Crippen molar-refractivity contribution in [2.75, 3.05) is 18.6 Å². The van der Waals surface area contributed by atoms with E-state index in [1.165, 1.54) is 16.8 Å². The van der Waals surface area contributed by atoms with Crippen LogP contribution in [-0.2, 0) is 0 Å². The van der Waals surface area contributed by atoms with Gasteiger partial charge in [0, 0.05) is 5.92 Å². The van der Waals surface area contributed by atoms with Crippen molar-refractivity contribution < 1.29 is 18.9 Å². The van der Waals surface area contributed by atoms with E-state index in [0.29, 0.717) is 5.92 Å². The third-order valence-corrected chi connectivity index (χ3v) is 7.00. The number of anilines is 1. The maximum atomic E-state index is 5.70. The summed E-state index contributed by atoms with van der Waals surface area (Å²) in [5.41, 5.74) is 5.87. The van der Waals surface area contributed by atoms with Gasteiger partial charge in [-0.1, -0.05) is 30.3 Å². The van der Waals surface area contributed by atoms with Gasteiger partial charge in [0.2, 0.25) is 13.6 Å². The molecule has 3 aliphatic heterocycles. The van der Waals surface area contributed by atoms with Crippen LogP contribution < -0.4 is 24.0 Å². The Morgan fingerprint density at radius 3 is 2.35 bits per heavy atom. The summed E-state index contributed by atoms with van der Waals surface area (Å²) in [6, 6.07) is 23.0. The van der Waals surface area contributed by atoms with Crippen molar-refractivity contribution in [2.45, 2.75) is 25.3 Å². The van der Waals surface area contributed by atoms with E-state index in [2.05, 4.69) is 59.6 Å². The number of ether oxygens (including phenoxy) is 4. The van der Waals surface area contributed by atoms with E-state index in [0.717, 1.165) is 53.5 Å². The fourth-order valence-corrected chi connectivity index (χ4v) is 5.43. The van der Waals surface area contributed by atoms with Crippen LogP contribution in [-0.4, -0.2) is 19.3 Å². The summed E-state index contributed by atoms with van der Waals surface area (Å²) in [6.45, 7) is 0.562. The molecule has 3 aromatic rings. The average Bonchev–Trinajstić information content (AvgIpc) is 3.62. The second kappa shape index (κ2) is 7.83. The standard InChI is InChI=1S/C28H24N2O4/c1-2-6-21(7-3-1)30-28(20-10-12-24-26(15-20)34-17-32-24)22-8-4-5-19(27(22)29-30)13-18-9-11-23-25(14-18)33-16-31-23/h1-3,6-7,9-15,22,28H,4-5,8,16-17H2/t22-,28-/m0/s1. The number of para-hydroxylation sites is 1. The molecule has 1 aliphatic carbocycles. The summed E-state index contributed by atoms with van der Waals surface area (Å²) < 4.78 is 22.3.